The number of rotatable bonds is 3. The van der Waals surface area contributed by atoms with Gasteiger partial charge in [0.1, 0.15) is 0 Å². The van der Waals surface area contributed by atoms with Crippen LogP contribution in [0.5, 0.6) is 0 Å². The highest BCUT2D eigenvalue weighted by Gasteiger charge is 2.14. The van der Waals surface area contributed by atoms with Crippen molar-refractivity contribution in [2.24, 2.45) is 0 Å². The summed E-state index contributed by atoms with van der Waals surface area (Å²) in [6.07, 6.45) is 0. The lowest BCUT2D eigenvalue weighted by Crippen LogP contribution is -2.46. The van der Waals surface area contributed by atoms with Gasteiger partial charge in [-0.3, -0.25) is 9.69 Å². The molecule has 18 heavy (non-hydrogen) atoms. The van der Waals surface area contributed by atoms with E-state index in [4.69, 9.17) is 11.6 Å². The second kappa shape index (κ2) is 6.18. The largest absolute Gasteiger partial charge is 0.323 e. The number of aryl methyl sites for hydroxylation is 1. The third kappa shape index (κ3) is 3.45. The third-order valence-electron chi connectivity index (χ3n) is 3.06. The van der Waals surface area contributed by atoms with Gasteiger partial charge in [-0.15, -0.1) is 0 Å². The van der Waals surface area contributed by atoms with E-state index >= 15 is 0 Å². The van der Waals surface area contributed by atoms with Gasteiger partial charge in [-0.1, -0.05) is 23.7 Å². The second-order valence-electron chi connectivity index (χ2n) is 4.51. The van der Waals surface area contributed by atoms with Crippen LogP contribution in [0.1, 0.15) is 5.56 Å². The number of piperazine rings is 1. The predicted octanol–water partition coefficient (Wildman–Crippen LogP) is 1.49. The number of hydrogen-bond acceptors (Lipinski definition) is 3. The van der Waals surface area contributed by atoms with Crippen LogP contribution in [0.3, 0.4) is 0 Å². The SMILES string of the molecule is Cc1cccc(Cl)c1NC(=O)CN1CCNCC1. The number of hydrogen-bond donors (Lipinski definition) is 2. The van der Waals surface area contributed by atoms with Gasteiger partial charge in [-0.2, -0.15) is 0 Å². The summed E-state index contributed by atoms with van der Waals surface area (Å²) in [6, 6.07) is 5.60. The Balaban J connectivity index is 1.94. The van der Waals surface area contributed by atoms with Crippen LogP contribution < -0.4 is 10.6 Å². The molecule has 5 heteroatoms. The highest BCUT2D eigenvalue weighted by molar-refractivity contribution is 6.33. The molecule has 1 amide bonds. The van der Waals surface area contributed by atoms with Crippen molar-refractivity contribution in [3.63, 3.8) is 0 Å². The molecule has 0 spiro atoms. The average molecular weight is 268 g/mol. The quantitative estimate of drug-likeness (QED) is 0.872. The summed E-state index contributed by atoms with van der Waals surface area (Å²) < 4.78 is 0. The first-order valence-corrected chi connectivity index (χ1v) is 6.52. The fraction of sp³-hybridized carbons (Fsp3) is 0.462. The predicted molar refractivity (Wildman–Crippen MR) is 74.1 cm³/mol. The summed E-state index contributed by atoms with van der Waals surface area (Å²) in [4.78, 5) is 14.1. The van der Waals surface area contributed by atoms with E-state index in [1.807, 2.05) is 19.1 Å². The smallest absolute Gasteiger partial charge is 0.238 e. The molecule has 1 saturated heterocycles. The molecule has 1 fully saturated rings. The van der Waals surface area contributed by atoms with E-state index < -0.39 is 0 Å². The lowest BCUT2D eigenvalue weighted by Gasteiger charge is -2.26. The van der Waals surface area contributed by atoms with Crippen LogP contribution in [0, 0.1) is 6.92 Å². The molecule has 0 atom stereocenters. The van der Waals surface area contributed by atoms with E-state index in [9.17, 15) is 4.79 Å². The van der Waals surface area contributed by atoms with E-state index in [0.29, 0.717) is 11.6 Å². The van der Waals surface area contributed by atoms with Crippen LogP contribution in [0.4, 0.5) is 5.69 Å². The number of nitrogens with one attached hydrogen (secondary N) is 2. The Morgan fingerprint density at radius 2 is 2.17 bits per heavy atom. The van der Waals surface area contributed by atoms with Crippen molar-refractivity contribution >= 4 is 23.2 Å². The van der Waals surface area contributed by atoms with Crippen LogP contribution in [0.15, 0.2) is 18.2 Å². The number of carbonyl (C=O) groups is 1. The number of carbonyl (C=O) groups excluding carboxylic acids is 1. The summed E-state index contributed by atoms with van der Waals surface area (Å²) in [7, 11) is 0. The molecule has 0 saturated carbocycles. The monoisotopic (exact) mass is 267 g/mol. The highest BCUT2D eigenvalue weighted by Crippen LogP contribution is 2.25. The third-order valence-corrected chi connectivity index (χ3v) is 3.38. The molecule has 1 heterocycles. The molecule has 0 aromatic heterocycles. The fourth-order valence-corrected chi connectivity index (χ4v) is 2.31. The average Bonchev–Trinajstić information content (AvgIpc) is 2.35. The molecule has 0 bridgehead atoms. The van der Waals surface area contributed by atoms with Crippen molar-refractivity contribution < 1.29 is 4.79 Å². The van der Waals surface area contributed by atoms with Crippen molar-refractivity contribution in [2.45, 2.75) is 6.92 Å². The van der Waals surface area contributed by atoms with Gasteiger partial charge in [0.05, 0.1) is 17.3 Å². The molecule has 98 valence electrons. The molecule has 2 rings (SSSR count). The molecule has 0 radical (unpaired) electrons. The lowest BCUT2D eigenvalue weighted by atomic mass is 10.2. The number of amides is 1. The van der Waals surface area contributed by atoms with E-state index in [-0.39, 0.29) is 5.91 Å². The standard InChI is InChI=1S/C13H18ClN3O/c1-10-3-2-4-11(14)13(10)16-12(18)9-17-7-5-15-6-8-17/h2-4,15H,5-9H2,1H3,(H,16,18). The summed E-state index contributed by atoms with van der Waals surface area (Å²) in [6.45, 7) is 6.07. The van der Waals surface area contributed by atoms with Gasteiger partial charge in [-0.25, -0.2) is 0 Å². The van der Waals surface area contributed by atoms with Crippen molar-refractivity contribution in [1.82, 2.24) is 10.2 Å². The molecular weight excluding hydrogens is 250 g/mol. The number of anilines is 1. The highest BCUT2D eigenvalue weighted by atomic mass is 35.5. The zero-order valence-corrected chi connectivity index (χ0v) is 11.3. The van der Waals surface area contributed by atoms with Gasteiger partial charge < -0.3 is 10.6 Å². The molecule has 0 unspecified atom stereocenters. The van der Waals surface area contributed by atoms with Crippen LogP contribution in [-0.4, -0.2) is 43.5 Å². The zero-order chi connectivity index (χ0) is 13.0. The Labute approximate surface area is 112 Å². The maximum absolute atomic E-state index is 12.0. The van der Waals surface area contributed by atoms with E-state index in [1.54, 1.807) is 6.07 Å². The molecule has 0 aliphatic carbocycles. The Kier molecular flexibility index (Phi) is 4.58. The molecule has 1 aliphatic heterocycles. The zero-order valence-electron chi connectivity index (χ0n) is 10.5. The number of para-hydroxylation sites is 1. The topological polar surface area (TPSA) is 44.4 Å². The Morgan fingerprint density at radius 3 is 2.83 bits per heavy atom. The molecule has 1 aliphatic rings. The van der Waals surface area contributed by atoms with Gasteiger partial charge >= 0.3 is 0 Å². The molecule has 1 aromatic rings. The Morgan fingerprint density at radius 1 is 1.44 bits per heavy atom. The minimum atomic E-state index is -0.00639. The molecule has 2 N–H and O–H groups in total. The first-order chi connectivity index (χ1) is 8.66. The van der Waals surface area contributed by atoms with Crippen LogP contribution in [0.2, 0.25) is 5.02 Å². The maximum Gasteiger partial charge on any atom is 0.238 e. The minimum Gasteiger partial charge on any atom is -0.323 e. The Hall–Kier alpha value is -1.10. The molecular formula is C13H18ClN3O. The van der Waals surface area contributed by atoms with Gasteiger partial charge in [0.25, 0.3) is 0 Å². The van der Waals surface area contributed by atoms with Gasteiger partial charge in [0, 0.05) is 26.2 Å². The van der Waals surface area contributed by atoms with Crippen molar-refractivity contribution in [3.05, 3.63) is 28.8 Å². The van der Waals surface area contributed by atoms with Crippen LogP contribution >= 0.6 is 11.6 Å². The number of nitrogens with zero attached hydrogens (tertiary/aromatic N) is 1. The van der Waals surface area contributed by atoms with Crippen molar-refractivity contribution in [1.29, 1.82) is 0 Å². The van der Waals surface area contributed by atoms with Gasteiger partial charge in [0.15, 0.2) is 0 Å². The summed E-state index contributed by atoms with van der Waals surface area (Å²) in [5.74, 6) is -0.00639. The van der Waals surface area contributed by atoms with Crippen LogP contribution in [0.25, 0.3) is 0 Å². The number of benzene rings is 1. The first-order valence-electron chi connectivity index (χ1n) is 6.15. The van der Waals surface area contributed by atoms with Crippen molar-refractivity contribution in [3.8, 4) is 0 Å². The molecule has 1 aromatic carbocycles. The fourth-order valence-electron chi connectivity index (χ4n) is 2.04. The van der Waals surface area contributed by atoms with Crippen LogP contribution in [-0.2, 0) is 4.79 Å². The molecule has 4 nitrogen and oxygen atoms in total. The van der Waals surface area contributed by atoms with Crippen molar-refractivity contribution in [2.75, 3.05) is 38.0 Å². The summed E-state index contributed by atoms with van der Waals surface area (Å²) in [5.41, 5.74) is 1.70. The number of halogens is 1. The normalized spacial score (nSPS) is 16.6. The second-order valence-corrected chi connectivity index (χ2v) is 4.91. The summed E-state index contributed by atoms with van der Waals surface area (Å²) in [5, 5.41) is 6.74. The maximum atomic E-state index is 12.0. The van der Waals surface area contributed by atoms with E-state index in [2.05, 4.69) is 15.5 Å². The first kappa shape index (κ1) is 13.3. The lowest BCUT2D eigenvalue weighted by molar-refractivity contribution is -0.117. The van der Waals surface area contributed by atoms with E-state index in [0.717, 1.165) is 37.4 Å². The minimum absolute atomic E-state index is 0.00639. The van der Waals surface area contributed by atoms with E-state index in [1.165, 1.54) is 0 Å². The van der Waals surface area contributed by atoms with Gasteiger partial charge in [0.2, 0.25) is 5.91 Å². The van der Waals surface area contributed by atoms with Gasteiger partial charge in [-0.05, 0) is 18.6 Å². The Bertz CT molecular complexity index is 410. The summed E-state index contributed by atoms with van der Waals surface area (Å²) >= 11 is 6.08.